The van der Waals surface area contributed by atoms with Gasteiger partial charge in [-0.3, -0.25) is 9.59 Å². The minimum atomic E-state index is -0.182. The Hall–Kier alpha value is -3.36. The third-order valence-electron chi connectivity index (χ3n) is 4.26. The molecule has 1 aromatic heterocycles. The van der Waals surface area contributed by atoms with Crippen molar-refractivity contribution in [1.82, 2.24) is 19.8 Å². The summed E-state index contributed by atoms with van der Waals surface area (Å²) in [6, 6.07) is 6.91. The van der Waals surface area contributed by atoms with Crippen molar-refractivity contribution >= 4 is 24.0 Å². The van der Waals surface area contributed by atoms with E-state index in [-0.39, 0.29) is 5.91 Å². The van der Waals surface area contributed by atoms with Crippen molar-refractivity contribution in [3.63, 3.8) is 0 Å². The molecule has 0 atom stereocenters. The summed E-state index contributed by atoms with van der Waals surface area (Å²) in [6.45, 7) is 2.02. The molecule has 3 rings (SSSR count). The second-order valence-corrected chi connectivity index (χ2v) is 5.89. The van der Waals surface area contributed by atoms with Crippen molar-refractivity contribution in [3.8, 4) is 11.5 Å². The molecule has 0 radical (unpaired) electrons. The molecule has 2 amide bonds. The second kappa shape index (κ2) is 8.35. The molecule has 1 saturated heterocycles. The highest BCUT2D eigenvalue weighted by Crippen LogP contribution is 2.30. The Morgan fingerprint density at radius 2 is 1.85 bits per heavy atom. The first-order valence-corrected chi connectivity index (χ1v) is 8.45. The Morgan fingerprint density at radius 3 is 2.52 bits per heavy atom. The number of benzene rings is 1. The van der Waals surface area contributed by atoms with Crippen molar-refractivity contribution in [2.24, 2.45) is 0 Å². The summed E-state index contributed by atoms with van der Waals surface area (Å²) in [7, 11) is 3.12. The highest BCUT2D eigenvalue weighted by Gasteiger charge is 2.22. The number of hydrogen-bond donors (Lipinski definition) is 1. The molecule has 1 aromatic carbocycles. The van der Waals surface area contributed by atoms with Crippen molar-refractivity contribution in [1.29, 1.82) is 0 Å². The lowest BCUT2D eigenvalue weighted by atomic mass is 10.2. The number of amides is 2. The van der Waals surface area contributed by atoms with Gasteiger partial charge in [-0.05, 0) is 18.2 Å². The third-order valence-corrected chi connectivity index (χ3v) is 4.26. The molecule has 0 spiro atoms. The van der Waals surface area contributed by atoms with E-state index >= 15 is 0 Å². The lowest BCUT2D eigenvalue weighted by molar-refractivity contribution is -0.119. The molecule has 9 heteroatoms. The highest BCUT2D eigenvalue weighted by molar-refractivity contribution is 5.92. The quantitative estimate of drug-likeness (QED) is 0.761. The maximum absolute atomic E-state index is 12.6. The molecule has 142 valence electrons. The molecule has 0 saturated carbocycles. The van der Waals surface area contributed by atoms with E-state index < -0.39 is 0 Å². The summed E-state index contributed by atoms with van der Waals surface area (Å²) in [5, 5.41) is 3.06. The molecular formula is C18H21N5O4. The lowest BCUT2D eigenvalue weighted by Crippen LogP contribution is -2.48. The fourth-order valence-electron chi connectivity index (χ4n) is 2.77. The highest BCUT2D eigenvalue weighted by atomic mass is 16.5. The largest absolute Gasteiger partial charge is 0.493 e. The van der Waals surface area contributed by atoms with Crippen molar-refractivity contribution in [2.75, 3.05) is 45.7 Å². The van der Waals surface area contributed by atoms with Crippen LogP contribution in [0, 0.1) is 0 Å². The minimum absolute atomic E-state index is 0.182. The Morgan fingerprint density at radius 1 is 1.11 bits per heavy atom. The summed E-state index contributed by atoms with van der Waals surface area (Å²) >= 11 is 0. The summed E-state index contributed by atoms with van der Waals surface area (Å²) in [5.74, 6) is 1.31. The van der Waals surface area contributed by atoms with E-state index in [0.29, 0.717) is 55.0 Å². The number of nitrogens with one attached hydrogen (secondary N) is 1. The standard InChI is InChI=1S/C18H21N5O4/c1-26-15-4-3-13(11-16(15)27-2)20-18-19-6-5-14(21-18)17(25)23-9-7-22(12-24)8-10-23/h3-6,11-12H,7-10H2,1-2H3,(H,19,20,21). The average molecular weight is 371 g/mol. The van der Waals surface area contributed by atoms with Crippen LogP contribution in [-0.2, 0) is 4.79 Å². The number of carbonyl (C=O) groups is 2. The van der Waals surface area contributed by atoms with Crippen LogP contribution in [0.5, 0.6) is 11.5 Å². The molecule has 2 heterocycles. The van der Waals surface area contributed by atoms with E-state index in [0.717, 1.165) is 6.41 Å². The van der Waals surface area contributed by atoms with E-state index in [4.69, 9.17) is 9.47 Å². The van der Waals surface area contributed by atoms with Crippen molar-refractivity contribution in [2.45, 2.75) is 0 Å². The van der Waals surface area contributed by atoms with Crippen LogP contribution in [0.25, 0.3) is 0 Å². The van der Waals surface area contributed by atoms with Crippen LogP contribution in [0.2, 0.25) is 0 Å². The maximum atomic E-state index is 12.6. The molecule has 9 nitrogen and oxygen atoms in total. The first-order valence-electron chi connectivity index (χ1n) is 8.45. The second-order valence-electron chi connectivity index (χ2n) is 5.89. The topological polar surface area (TPSA) is 96.9 Å². The van der Waals surface area contributed by atoms with E-state index in [1.54, 1.807) is 48.3 Å². The molecule has 1 fully saturated rings. The van der Waals surface area contributed by atoms with E-state index in [1.165, 1.54) is 6.20 Å². The van der Waals surface area contributed by atoms with Gasteiger partial charge in [0.1, 0.15) is 5.69 Å². The molecule has 2 aromatic rings. The van der Waals surface area contributed by atoms with Crippen LogP contribution in [0.4, 0.5) is 11.6 Å². The van der Waals surface area contributed by atoms with Gasteiger partial charge in [-0.15, -0.1) is 0 Å². The first-order chi connectivity index (χ1) is 13.1. The smallest absolute Gasteiger partial charge is 0.272 e. The van der Waals surface area contributed by atoms with Crippen LogP contribution in [0.1, 0.15) is 10.5 Å². The van der Waals surface area contributed by atoms with Crippen LogP contribution in [0.3, 0.4) is 0 Å². The first kappa shape index (κ1) is 18.4. The Balaban J connectivity index is 1.72. The Labute approximate surface area is 156 Å². The number of rotatable bonds is 6. The zero-order valence-electron chi connectivity index (χ0n) is 15.2. The molecular weight excluding hydrogens is 350 g/mol. The van der Waals surface area contributed by atoms with Gasteiger partial charge < -0.3 is 24.6 Å². The van der Waals surface area contributed by atoms with Gasteiger partial charge in [0, 0.05) is 44.1 Å². The minimum Gasteiger partial charge on any atom is -0.493 e. The summed E-state index contributed by atoms with van der Waals surface area (Å²) in [6.07, 6.45) is 2.34. The number of carbonyl (C=O) groups excluding carboxylic acids is 2. The molecule has 0 bridgehead atoms. The van der Waals surface area contributed by atoms with Crippen molar-refractivity contribution < 1.29 is 19.1 Å². The number of aromatic nitrogens is 2. The lowest BCUT2D eigenvalue weighted by Gasteiger charge is -2.32. The normalized spacial score (nSPS) is 13.9. The molecule has 1 N–H and O–H groups in total. The third kappa shape index (κ3) is 4.25. The number of methoxy groups -OCH3 is 2. The van der Waals surface area contributed by atoms with Gasteiger partial charge in [-0.25, -0.2) is 9.97 Å². The number of ether oxygens (including phenoxy) is 2. The van der Waals surface area contributed by atoms with Crippen molar-refractivity contribution in [3.05, 3.63) is 36.2 Å². The average Bonchev–Trinajstić information content (AvgIpc) is 2.73. The number of hydrogen-bond acceptors (Lipinski definition) is 7. The number of piperazine rings is 1. The summed E-state index contributed by atoms with van der Waals surface area (Å²) in [5.41, 5.74) is 1.00. The van der Waals surface area contributed by atoms with Gasteiger partial charge in [0.25, 0.3) is 5.91 Å². The monoisotopic (exact) mass is 371 g/mol. The van der Waals surface area contributed by atoms with Crippen LogP contribution >= 0.6 is 0 Å². The van der Waals surface area contributed by atoms with E-state index in [1.807, 2.05) is 0 Å². The predicted octanol–water partition coefficient (Wildman–Crippen LogP) is 1.15. The van der Waals surface area contributed by atoms with Gasteiger partial charge in [0.05, 0.1) is 14.2 Å². The van der Waals surface area contributed by atoms with Crippen LogP contribution < -0.4 is 14.8 Å². The number of anilines is 2. The van der Waals surface area contributed by atoms with Gasteiger partial charge in [0.2, 0.25) is 12.4 Å². The number of nitrogens with zero attached hydrogens (tertiary/aromatic N) is 4. The maximum Gasteiger partial charge on any atom is 0.272 e. The SMILES string of the molecule is COc1ccc(Nc2nccc(C(=O)N3CCN(C=O)CC3)n2)cc1OC. The van der Waals surface area contributed by atoms with Crippen LogP contribution in [-0.4, -0.2) is 72.5 Å². The molecule has 27 heavy (non-hydrogen) atoms. The zero-order valence-corrected chi connectivity index (χ0v) is 15.2. The zero-order chi connectivity index (χ0) is 19.2. The summed E-state index contributed by atoms with van der Waals surface area (Å²) < 4.78 is 10.5. The fourth-order valence-corrected chi connectivity index (χ4v) is 2.77. The fraction of sp³-hybridized carbons (Fsp3) is 0.333. The Bertz CT molecular complexity index is 821. The molecule has 0 aliphatic carbocycles. The molecule has 0 unspecified atom stereocenters. The van der Waals surface area contributed by atoms with Gasteiger partial charge in [-0.1, -0.05) is 0 Å². The van der Waals surface area contributed by atoms with Gasteiger partial charge in [0.15, 0.2) is 11.5 Å². The summed E-state index contributed by atoms with van der Waals surface area (Å²) in [4.78, 5) is 35.2. The van der Waals surface area contributed by atoms with Crippen LogP contribution in [0.15, 0.2) is 30.5 Å². The predicted molar refractivity (Wildman–Crippen MR) is 98.4 cm³/mol. The molecule has 1 aliphatic rings. The van der Waals surface area contributed by atoms with E-state index in [2.05, 4.69) is 15.3 Å². The van der Waals surface area contributed by atoms with E-state index in [9.17, 15) is 9.59 Å². The van der Waals surface area contributed by atoms with Gasteiger partial charge in [-0.2, -0.15) is 0 Å². The van der Waals surface area contributed by atoms with Gasteiger partial charge >= 0.3 is 0 Å². The molecule has 1 aliphatic heterocycles. The Kier molecular flexibility index (Phi) is 5.70.